The molecule has 4 aromatic heterocycles. The average molecular weight is 513 g/mol. The first-order chi connectivity index (χ1) is 14.7. The number of aryl methyl sites for hydroxylation is 1. The van der Waals surface area contributed by atoms with Crippen LogP contribution in [0.15, 0.2) is 40.3 Å². The van der Waals surface area contributed by atoms with Gasteiger partial charge in [-0.2, -0.15) is 23.4 Å². The minimum Gasteiger partial charge on any atom is -0.334 e. The fourth-order valence-corrected chi connectivity index (χ4v) is 4.16. The summed E-state index contributed by atoms with van der Waals surface area (Å²) in [6.07, 6.45) is -2.87. The molecule has 0 bridgehead atoms. The van der Waals surface area contributed by atoms with Crippen LogP contribution in [0.25, 0.3) is 16.2 Å². The van der Waals surface area contributed by atoms with Gasteiger partial charge in [0, 0.05) is 25.9 Å². The molecule has 4 rings (SSSR count). The number of amides is 1. The maximum absolute atomic E-state index is 13.7. The van der Waals surface area contributed by atoms with Crippen LogP contribution < -0.4 is 0 Å². The van der Waals surface area contributed by atoms with Gasteiger partial charge in [0.1, 0.15) is 0 Å². The second-order valence-corrected chi connectivity index (χ2v) is 8.54. The predicted molar refractivity (Wildman–Crippen MR) is 113 cm³/mol. The van der Waals surface area contributed by atoms with Gasteiger partial charge in [0.25, 0.3) is 5.91 Å². The molecule has 0 saturated heterocycles. The van der Waals surface area contributed by atoms with Crippen LogP contribution in [0.4, 0.5) is 13.2 Å². The van der Waals surface area contributed by atoms with Crippen molar-refractivity contribution in [2.24, 2.45) is 0 Å². The van der Waals surface area contributed by atoms with Gasteiger partial charge in [-0.25, -0.2) is 9.50 Å². The van der Waals surface area contributed by atoms with Crippen molar-refractivity contribution in [3.05, 3.63) is 57.4 Å². The first-order valence-electron chi connectivity index (χ1n) is 9.16. The monoisotopic (exact) mass is 512 g/mol. The highest BCUT2D eigenvalue weighted by molar-refractivity contribution is 9.10. The van der Waals surface area contributed by atoms with E-state index in [-0.39, 0.29) is 23.6 Å². The van der Waals surface area contributed by atoms with Crippen LogP contribution in [0, 0.1) is 0 Å². The lowest BCUT2D eigenvalue weighted by atomic mass is 10.2. The van der Waals surface area contributed by atoms with Crippen molar-refractivity contribution in [1.29, 1.82) is 0 Å². The summed E-state index contributed by atoms with van der Waals surface area (Å²) in [4.78, 5) is 19.1. The van der Waals surface area contributed by atoms with Gasteiger partial charge in [0.05, 0.1) is 27.3 Å². The van der Waals surface area contributed by atoms with E-state index in [4.69, 9.17) is 0 Å². The Labute approximate surface area is 187 Å². The van der Waals surface area contributed by atoms with Crippen molar-refractivity contribution >= 4 is 38.8 Å². The summed E-state index contributed by atoms with van der Waals surface area (Å²) in [6.45, 7) is 2.77. The molecule has 0 aliphatic heterocycles. The number of halogens is 4. The number of thiophene rings is 1. The van der Waals surface area contributed by atoms with E-state index in [1.54, 1.807) is 35.4 Å². The van der Waals surface area contributed by atoms with Gasteiger partial charge >= 0.3 is 6.18 Å². The number of alkyl halides is 3. The standard InChI is InChI=1S/C19H16BrF3N6OS/c1-3-28-9-11(20)14(25-28)10-27(2)18(30)13-8-17-24-12(15-5-4-6-31-15)7-16(19(21,22)23)29(17)26-13/h4-9H,3,10H2,1-2H3. The molecule has 0 saturated carbocycles. The first kappa shape index (κ1) is 21.5. The second-order valence-electron chi connectivity index (χ2n) is 6.74. The molecule has 0 atom stereocenters. The van der Waals surface area contributed by atoms with Crippen LogP contribution in [0.3, 0.4) is 0 Å². The lowest BCUT2D eigenvalue weighted by Gasteiger charge is -2.14. The second kappa shape index (κ2) is 8.08. The number of carbonyl (C=O) groups excluding carboxylic acids is 1. The summed E-state index contributed by atoms with van der Waals surface area (Å²) in [5.74, 6) is -0.533. The van der Waals surface area contributed by atoms with E-state index in [1.165, 1.54) is 22.3 Å². The van der Waals surface area contributed by atoms with E-state index in [9.17, 15) is 18.0 Å². The van der Waals surface area contributed by atoms with Crippen molar-refractivity contribution in [2.45, 2.75) is 26.2 Å². The normalized spacial score (nSPS) is 11.9. The summed E-state index contributed by atoms with van der Waals surface area (Å²) in [5, 5.41) is 10.0. The molecule has 1 amide bonds. The molecule has 0 spiro atoms. The van der Waals surface area contributed by atoms with Crippen LogP contribution in [0.1, 0.15) is 28.8 Å². The van der Waals surface area contributed by atoms with E-state index in [0.29, 0.717) is 21.6 Å². The van der Waals surface area contributed by atoms with Crippen molar-refractivity contribution in [2.75, 3.05) is 7.05 Å². The van der Waals surface area contributed by atoms with E-state index < -0.39 is 17.8 Å². The van der Waals surface area contributed by atoms with Gasteiger partial charge < -0.3 is 4.90 Å². The Morgan fingerprint density at radius 3 is 2.68 bits per heavy atom. The average Bonchev–Trinajstić information content (AvgIpc) is 3.45. The fourth-order valence-electron chi connectivity index (χ4n) is 3.03. The lowest BCUT2D eigenvalue weighted by molar-refractivity contribution is -0.142. The molecule has 4 aromatic rings. The molecular formula is C19H16BrF3N6OS. The fraction of sp³-hybridized carbons (Fsp3) is 0.263. The number of rotatable bonds is 5. The number of carbonyl (C=O) groups is 1. The Kier molecular flexibility index (Phi) is 5.60. The van der Waals surface area contributed by atoms with Crippen LogP contribution in [0.5, 0.6) is 0 Å². The molecule has 0 aromatic carbocycles. The van der Waals surface area contributed by atoms with E-state index in [1.807, 2.05) is 6.92 Å². The topological polar surface area (TPSA) is 68.3 Å². The Bertz CT molecular complexity index is 1250. The Balaban J connectivity index is 1.70. The van der Waals surface area contributed by atoms with Gasteiger partial charge in [-0.1, -0.05) is 6.07 Å². The minimum absolute atomic E-state index is 0.0496. The van der Waals surface area contributed by atoms with E-state index >= 15 is 0 Å². The molecule has 0 fully saturated rings. The highest BCUT2D eigenvalue weighted by Crippen LogP contribution is 2.33. The zero-order chi connectivity index (χ0) is 22.3. The van der Waals surface area contributed by atoms with Crippen LogP contribution in [0.2, 0.25) is 0 Å². The molecule has 0 aliphatic carbocycles. The minimum atomic E-state index is -4.66. The molecule has 4 heterocycles. The summed E-state index contributed by atoms with van der Waals surface area (Å²) in [7, 11) is 1.54. The molecule has 0 unspecified atom stereocenters. The lowest BCUT2D eigenvalue weighted by Crippen LogP contribution is -2.27. The molecule has 0 radical (unpaired) electrons. The van der Waals surface area contributed by atoms with E-state index in [2.05, 4.69) is 31.1 Å². The zero-order valence-corrected chi connectivity index (χ0v) is 18.8. The van der Waals surface area contributed by atoms with Crippen molar-refractivity contribution in [1.82, 2.24) is 29.3 Å². The third kappa shape index (κ3) is 4.22. The number of hydrogen-bond donors (Lipinski definition) is 0. The molecule has 0 N–H and O–H groups in total. The van der Waals surface area contributed by atoms with Crippen LogP contribution in [-0.2, 0) is 19.3 Å². The summed E-state index contributed by atoms with van der Waals surface area (Å²) >= 11 is 4.68. The Hall–Kier alpha value is -2.73. The predicted octanol–water partition coefficient (Wildman–Crippen LogP) is 4.73. The Morgan fingerprint density at radius 2 is 2.06 bits per heavy atom. The highest BCUT2D eigenvalue weighted by Gasteiger charge is 2.36. The van der Waals surface area contributed by atoms with E-state index in [0.717, 1.165) is 10.5 Å². The first-order valence-corrected chi connectivity index (χ1v) is 10.8. The van der Waals surface area contributed by atoms with Gasteiger partial charge in [-0.15, -0.1) is 11.3 Å². The number of fused-ring (bicyclic) bond motifs is 1. The molecule has 12 heteroatoms. The number of hydrogen-bond acceptors (Lipinski definition) is 5. The van der Waals surface area contributed by atoms with Gasteiger partial charge in [0.15, 0.2) is 17.0 Å². The van der Waals surface area contributed by atoms with Gasteiger partial charge in [-0.3, -0.25) is 9.48 Å². The largest absolute Gasteiger partial charge is 0.433 e. The summed E-state index contributed by atoms with van der Waals surface area (Å²) in [5.41, 5.74) is -0.361. The quantitative estimate of drug-likeness (QED) is 0.387. The molecule has 162 valence electrons. The van der Waals surface area contributed by atoms with Crippen LogP contribution in [-0.4, -0.2) is 42.2 Å². The van der Waals surface area contributed by atoms with Gasteiger partial charge in [0.2, 0.25) is 0 Å². The maximum atomic E-state index is 13.7. The highest BCUT2D eigenvalue weighted by atomic mass is 79.9. The third-order valence-electron chi connectivity index (χ3n) is 4.56. The Morgan fingerprint density at radius 1 is 1.29 bits per heavy atom. The molecule has 31 heavy (non-hydrogen) atoms. The molecule has 7 nitrogen and oxygen atoms in total. The smallest absolute Gasteiger partial charge is 0.334 e. The SMILES string of the molecule is CCn1cc(Br)c(CN(C)C(=O)c2cc3nc(-c4cccs4)cc(C(F)(F)F)n3n2)n1. The van der Waals surface area contributed by atoms with Crippen molar-refractivity contribution in [3.63, 3.8) is 0 Å². The zero-order valence-electron chi connectivity index (χ0n) is 16.4. The van der Waals surface area contributed by atoms with Crippen molar-refractivity contribution < 1.29 is 18.0 Å². The third-order valence-corrected chi connectivity index (χ3v) is 6.11. The summed E-state index contributed by atoms with van der Waals surface area (Å²) in [6, 6.07) is 5.63. The number of aromatic nitrogens is 5. The molecular weight excluding hydrogens is 497 g/mol. The summed E-state index contributed by atoms with van der Waals surface area (Å²) < 4.78 is 44.2. The van der Waals surface area contributed by atoms with Crippen molar-refractivity contribution in [3.8, 4) is 10.6 Å². The van der Waals surface area contributed by atoms with Crippen LogP contribution >= 0.6 is 27.3 Å². The number of nitrogens with zero attached hydrogens (tertiary/aromatic N) is 6. The van der Waals surface area contributed by atoms with Gasteiger partial charge in [-0.05, 0) is 40.4 Å². The molecule has 0 aliphatic rings. The maximum Gasteiger partial charge on any atom is 0.433 e.